The van der Waals surface area contributed by atoms with Crippen LogP contribution < -0.4 is 20.1 Å². The Labute approximate surface area is 156 Å². The molecule has 2 rings (SSSR count). The van der Waals surface area contributed by atoms with Gasteiger partial charge in [0.25, 0.3) is 0 Å². The van der Waals surface area contributed by atoms with Crippen LogP contribution in [0.4, 0.5) is 0 Å². The quantitative estimate of drug-likeness (QED) is 0.410. The number of hydrogen-bond acceptors (Lipinski definition) is 3. The summed E-state index contributed by atoms with van der Waals surface area (Å²) in [6.07, 6.45) is 2.36. The third-order valence-corrected chi connectivity index (χ3v) is 3.68. The Morgan fingerprint density at radius 1 is 1.17 bits per heavy atom. The lowest BCUT2D eigenvalue weighted by molar-refractivity contribution is 0.174. The van der Waals surface area contributed by atoms with E-state index in [1.165, 1.54) is 6.42 Å². The van der Waals surface area contributed by atoms with E-state index in [2.05, 4.69) is 36.4 Å². The number of hydrogen-bond donors (Lipinski definition) is 2. The fourth-order valence-electron chi connectivity index (χ4n) is 2.32. The highest BCUT2D eigenvalue weighted by atomic mass is 127. The molecule has 6 heteroatoms. The zero-order valence-electron chi connectivity index (χ0n) is 14.4. The zero-order valence-corrected chi connectivity index (χ0v) is 16.7. The van der Waals surface area contributed by atoms with E-state index < -0.39 is 0 Å². The number of nitrogens with one attached hydrogen (secondary N) is 2. The van der Waals surface area contributed by atoms with Gasteiger partial charge < -0.3 is 20.1 Å². The molecule has 0 spiro atoms. The van der Waals surface area contributed by atoms with Gasteiger partial charge in [-0.15, -0.1) is 24.0 Å². The van der Waals surface area contributed by atoms with Gasteiger partial charge in [-0.25, -0.2) is 0 Å². The lowest BCUT2D eigenvalue weighted by atomic mass is 10.0. The number of rotatable bonds is 6. The summed E-state index contributed by atoms with van der Waals surface area (Å²) in [5.74, 6) is 3.18. The van der Waals surface area contributed by atoms with Crippen molar-refractivity contribution in [1.29, 1.82) is 0 Å². The van der Waals surface area contributed by atoms with Crippen LogP contribution in [0.3, 0.4) is 0 Å². The van der Waals surface area contributed by atoms with Gasteiger partial charge in [0.15, 0.2) is 17.5 Å². The summed E-state index contributed by atoms with van der Waals surface area (Å²) in [6.45, 7) is 7.70. The van der Waals surface area contributed by atoms with E-state index in [1.807, 2.05) is 18.2 Å². The molecule has 0 bridgehead atoms. The molecule has 1 aromatic rings. The molecule has 0 radical (unpaired) electrons. The molecule has 0 fully saturated rings. The van der Waals surface area contributed by atoms with Crippen molar-refractivity contribution in [2.45, 2.75) is 46.2 Å². The Balaban J connectivity index is 0.00000264. The summed E-state index contributed by atoms with van der Waals surface area (Å²) in [4.78, 5) is 4.28. The standard InChI is InChI=1S/C17H27N3O2.HI/c1-12(2)5-6-13(3)20-17(18-4)19-10-14-7-8-15-16(9-14)22-11-21-15;/h7-9,12-13H,5-6,10-11H2,1-4H3,(H2,18,19,20);1H. The van der Waals surface area contributed by atoms with Gasteiger partial charge >= 0.3 is 0 Å². The minimum Gasteiger partial charge on any atom is -0.454 e. The maximum absolute atomic E-state index is 5.40. The van der Waals surface area contributed by atoms with Crippen LogP contribution >= 0.6 is 24.0 Å². The minimum atomic E-state index is 0. The van der Waals surface area contributed by atoms with Crippen LogP contribution in [0.2, 0.25) is 0 Å². The van der Waals surface area contributed by atoms with Gasteiger partial charge in [-0.1, -0.05) is 19.9 Å². The van der Waals surface area contributed by atoms with Crippen LogP contribution in [-0.2, 0) is 6.54 Å². The number of nitrogens with zero attached hydrogens (tertiary/aromatic N) is 1. The molecule has 5 nitrogen and oxygen atoms in total. The second kappa shape index (κ2) is 9.85. The summed E-state index contributed by atoms with van der Waals surface area (Å²) < 4.78 is 10.7. The van der Waals surface area contributed by atoms with E-state index in [-0.39, 0.29) is 24.0 Å². The monoisotopic (exact) mass is 433 g/mol. The molecule has 0 saturated carbocycles. The molecule has 23 heavy (non-hydrogen) atoms. The summed E-state index contributed by atoms with van der Waals surface area (Å²) in [5.41, 5.74) is 1.14. The van der Waals surface area contributed by atoms with Gasteiger partial charge in [0, 0.05) is 19.6 Å². The average Bonchev–Trinajstić information content (AvgIpc) is 2.96. The maximum Gasteiger partial charge on any atom is 0.231 e. The summed E-state index contributed by atoms with van der Waals surface area (Å²) in [5, 5.41) is 6.77. The van der Waals surface area contributed by atoms with Crippen LogP contribution in [0, 0.1) is 5.92 Å². The fourth-order valence-corrected chi connectivity index (χ4v) is 2.32. The van der Waals surface area contributed by atoms with E-state index in [0.29, 0.717) is 19.4 Å². The number of halogens is 1. The molecule has 1 aliphatic heterocycles. The lowest BCUT2D eigenvalue weighted by Crippen LogP contribution is -2.41. The Kier molecular flexibility index (Phi) is 8.51. The first-order valence-electron chi connectivity index (χ1n) is 7.94. The first kappa shape index (κ1) is 19.9. The van der Waals surface area contributed by atoms with E-state index in [4.69, 9.17) is 9.47 Å². The lowest BCUT2D eigenvalue weighted by Gasteiger charge is -2.18. The molecule has 1 unspecified atom stereocenters. The van der Waals surface area contributed by atoms with Crippen LogP contribution in [-0.4, -0.2) is 25.8 Å². The molecule has 0 amide bonds. The Hall–Kier alpha value is -1.18. The molecule has 1 aromatic carbocycles. The van der Waals surface area contributed by atoms with Crippen molar-refractivity contribution in [3.05, 3.63) is 23.8 Å². The van der Waals surface area contributed by atoms with Crippen LogP contribution in [0.15, 0.2) is 23.2 Å². The van der Waals surface area contributed by atoms with Crippen molar-refractivity contribution < 1.29 is 9.47 Å². The number of benzene rings is 1. The molecular weight excluding hydrogens is 405 g/mol. The largest absolute Gasteiger partial charge is 0.454 e. The molecule has 1 atom stereocenters. The Morgan fingerprint density at radius 3 is 2.61 bits per heavy atom. The van der Waals surface area contributed by atoms with E-state index in [0.717, 1.165) is 35.4 Å². The third-order valence-electron chi connectivity index (χ3n) is 3.68. The molecule has 130 valence electrons. The van der Waals surface area contributed by atoms with Gasteiger partial charge in [-0.3, -0.25) is 4.99 Å². The molecule has 0 aromatic heterocycles. The highest BCUT2D eigenvalue weighted by Crippen LogP contribution is 2.32. The van der Waals surface area contributed by atoms with Crippen molar-refractivity contribution in [2.24, 2.45) is 10.9 Å². The van der Waals surface area contributed by atoms with Crippen LogP contribution in [0.5, 0.6) is 11.5 Å². The van der Waals surface area contributed by atoms with E-state index in [9.17, 15) is 0 Å². The normalized spacial score (nSPS) is 14.4. The summed E-state index contributed by atoms with van der Waals surface area (Å²) in [7, 11) is 1.80. The molecule has 2 N–H and O–H groups in total. The van der Waals surface area contributed by atoms with Gasteiger partial charge in [0.05, 0.1) is 0 Å². The fraction of sp³-hybridized carbons (Fsp3) is 0.588. The van der Waals surface area contributed by atoms with Crippen molar-refractivity contribution in [3.8, 4) is 11.5 Å². The SMILES string of the molecule is CN=C(NCc1ccc2c(c1)OCO2)NC(C)CCC(C)C.I. The van der Waals surface area contributed by atoms with Crippen molar-refractivity contribution in [1.82, 2.24) is 10.6 Å². The second-order valence-electron chi connectivity index (χ2n) is 6.13. The average molecular weight is 433 g/mol. The molecule has 0 saturated heterocycles. The first-order chi connectivity index (χ1) is 10.6. The number of fused-ring (bicyclic) bond motifs is 1. The first-order valence-corrected chi connectivity index (χ1v) is 7.94. The van der Waals surface area contributed by atoms with Crippen LogP contribution in [0.25, 0.3) is 0 Å². The number of ether oxygens (including phenoxy) is 2. The van der Waals surface area contributed by atoms with Crippen molar-refractivity contribution in [3.63, 3.8) is 0 Å². The van der Waals surface area contributed by atoms with E-state index >= 15 is 0 Å². The smallest absolute Gasteiger partial charge is 0.231 e. The number of guanidine groups is 1. The highest BCUT2D eigenvalue weighted by molar-refractivity contribution is 14.0. The van der Waals surface area contributed by atoms with Gasteiger partial charge in [-0.05, 0) is 43.4 Å². The summed E-state index contributed by atoms with van der Waals surface area (Å²) >= 11 is 0. The molecular formula is C17H28IN3O2. The Bertz CT molecular complexity index is 521. The van der Waals surface area contributed by atoms with Crippen molar-refractivity contribution in [2.75, 3.05) is 13.8 Å². The van der Waals surface area contributed by atoms with Gasteiger partial charge in [0.2, 0.25) is 6.79 Å². The number of aliphatic imine (C=N–C) groups is 1. The van der Waals surface area contributed by atoms with Gasteiger partial charge in [-0.2, -0.15) is 0 Å². The highest BCUT2D eigenvalue weighted by Gasteiger charge is 2.13. The minimum absolute atomic E-state index is 0. The summed E-state index contributed by atoms with van der Waals surface area (Å²) in [6, 6.07) is 6.40. The maximum atomic E-state index is 5.40. The van der Waals surface area contributed by atoms with E-state index in [1.54, 1.807) is 7.05 Å². The van der Waals surface area contributed by atoms with Gasteiger partial charge in [0.1, 0.15) is 0 Å². The van der Waals surface area contributed by atoms with Crippen molar-refractivity contribution >= 4 is 29.9 Å². The predicted octanol–water partition coefficient (Wildman–Crippen LogP) is 3.52. The Morgan fingerprint density at radius 2 is 1.91 bits per heavy atom. The molecule has 0 aliphatic carbocycles. The van der Waals surface area contributed by atoms with Crippen LogP contribution in [0.1, 0.15) is 39.2 Å². The molecule has 1 heterocycles. The predicted molar refractivity (Wildman–Crippen MR) is 105 cm³/mol. The third kappa shape index (κ3) is 6.45. The topological polar surface area (TPSA) is 54.9 Å². The zero-order chi connectivity index (χ0) is 15.9. The second-order valence-corrected chi connectivity index (χ2v) is 6.13. The molecule has 1 aliphatic rings.